The fourth-order valence-corrected chi connectivity index (χ4v) is 1.93. The zero-order valence-electron chi connectivity index (χ0n) is 9.54. The summed E-state index contributed by atoms with van der Waals surface area (Å²) < 4.78 is 0. The fraction of sp³-hybridized carbons (Fsp3) is 0.909. The first-order valence-electron chi connectivity index (χ1n) is 5.92. The predicted molar refractivity (Wildman–Crippen MR) is 59.6 cm³/mol. The third-order valence-corrected chi connectivity index (χ3v) is 2.76. The number of rotatable bonds is 6. The van der Waals surface area contributed by atoms with Crippen LogP contribution in [0.1, 0.15) is 32.6 Å². The lowest BCUT2D eigenvalue weighted by Crippen LogP contribution is -2.51. The van der Waals surface area contributed by atoms with Gasteiger partial charge in [-0.05, 0) is 32.2 Å². The molecule has 4 heteroatoms. The van der Waals surface area contributed by atoms with Crippen LogP contribution >= 0.6 is 0 Å². The zero-order chi connectivity index (χ0) is 11.1. The van der Waals surface area contributed by atoms with E-state index in [0.29, 0.717) is 13.0 Å². The molecule has 0 bridgehead atoms. The van der Waals surface area contributed by atoms with Crippen LogP contribution in [0.4, 0.5) is 0 Å². The monoisotopic (exact) mass is 214 g/mol. The van der Waals surface area contributed by atoms with E-state index in [2.05, 4.69) is 12.2 Å². The van der Waals surface area contributed by atoms with E-state index in [1.807, 2.05) is 4.90 Å². The summed E-state index contributed by atoms with van der Waals surface area (Å²) in [5.41, 5.74) is 0. The van der Waals surface area contributed by atoms with Gasteiger partial charge in [0.1, 0.15) is 0 Å². The smallest absolute Gasteiger partial charge is 0.239 e. The molecule has 0 aromatic heterocycles. The molecule has 15 heavy (non-hydrogen) atoms. The van der Waals surface area contributed by atoms with Crippen LogP contribution in [0.25, 0.3) is 0 Å². The van der Waals surface area contributed by atoms with Gasteiger partial charge in [0.25, 0.3) is 0 Å². The minimum Gasteiger partial charge on any atom is -0.396 e. The molecule has 1 amide bonds. The van der Waals surface area contributed by atoms with Crippen LogP contribution < -0.4 is 5.32 Å². The van der Waals surface area contributed by atoms with Crippen LogP contribution in [0.3, 0.4) is 0 Å². The van der Waals surface area contributed by atoms with Crippen molar-refractivity contribution in [1.82, 2.24) is 10.2 Å². The highest BCUT2D eigenvalue weighted by molar-refractivity contribution is 5.82. The molecule has 1 unspecified atom stereocenters. The van der Waals surface area contributed by atoms with Gasteiger partial charge in [-0.15, -0.1) is 0 Å². The van der Waals surface area contributed by atoms with Gasteiger partial charge in [0.05, 0.1) is 6.04 Å². The van der Waals surface area contributed by atoms with E-state index >= 15 is 0 Å². The van der Waals surface area contributed by atoms with Crippen LogP contribution in [0.5, 0.6) is 0 Å². The Morgan fingerprint density at radius 1 is 1.60 bits per heavy atom. The Hall–Kier alpha value is -0.610. The van der Waals surface area contributed by atoms with Crippen molar-refractivity contribution in [3.63, 3.8) is 0 Å². The molecule has 1 aliphatic rings. The Morgan fingerprint density at radius 2 is 2.40 bits per heavy atom. The molecule has 88 valence electrons. The molecule has 0 spiro atoms. The van der Waals surface area contributed by atoms with E-state index < -0.39 is 0 Å². The summed E-state index contributed by atoms with van der Waals surface area (Å²) in [6.07, 6.45) is 3.76. The molecule has 1 rings (SSSR count). The van der Waals surface area contributed by atoms with E-state index in [4.69, 9.17) is 5.11 Å². The number of amides is 1. The van der Waals surface area contributed by atoms with Crippen LogP contribution in [0.2, 0.25) is 0 Å². The lowest BCUT2D eigenvalue weighted by molar-refractivity contribution is -0.136. The van der Waals surface area contributed by atoms with E-state index in [1.165, 1.54) is 0 Å². The molecule has 1 saturated heterocycles. The topological polar surface area (TPSA) is 52.6 Å². The average molecular weight is 214 g/mol. The average Bonchev–Trinajstić information content (AvgIpc) is 2.26. The maximum Gasteiger partial charge on any atom is 0.239 e. The number of aliphatic hydroxyl groups excluding tert-OH is 1. The summed E-state index contributed by atoms with van der Waals surface area (Å²) in [5, 5.41) is 12.0. The third kappa shape index (κ3) is 3.80. The predicted octanol–water partition coefficient (Wildman–Crippen LogP) is 0.359. The van der Waals surface area contributed by atoms with Gasteiger partial charge < -0.3 is 15.3 Å². The molecule has 2 N–H and O–H groups in total. The minimum atomic E-state index is 0.0115. The van der Waals surface area contributed by atoms with E-state index in [1.54, 1.807) is 0 Å². The maximum atomic E-state index is 11.9. The summed E-state index contributed by atoms with van der Waals surface area (Å²) in [5.74, 6) is 0.211. The van der Waals surface area contributed by atoms with E-state index in [0.717, 1.165) is 32.4 Å². The van der Waals surface area contributed by atoms with Gasteiger partial charge in [-0.25, -0.2) is 0 Å². The molecule has 0 aliphatic carbocycles. The lowest BCUT2D eigenvalue weighted by atomic mass is 10.0. The van der Waals surface area contributed by atoms with Crippen LogP contribution in [-0.4, -0.2) is 48.2 Å². The van der Waals surface area contributed by atoms with Crippen molar-refractivity contribution < 1.29 is 9.90 Å². The highest BCUT2D eigenvalue weighted by atomic mass is 16.3. The molecule has 0 saturated carbocycles. The number of piperidine rings is 1. The van der Waals surface area contributed by atoms with Gasteiger partial charge in [-0.1, -0.05) is 6.92 Å². The molecule has 0 aromatic carbocycles. The van der Waals surface area contributed by atoms with Crippen molar-refractivity contribution in [1.29, 1.82) is 0 Å². The molecule has 1 atom stereocenters. The van der Waals surface area contributed by atoms with Crippen molar-refractivity contribution in [2.45, 2.75) is 38.6 Å². The highest BCUT2D eigenvalue weighted by Crippen LogP contribution is 2.11. The van der Waals surface area contributed by atoms with Crippen molar-refractivity contribution in [2.24, 2.45) is 0 Å². The molecular weight excluding hydrogens is 192 g/mol. The SMILES string of the molecule is CCCNC1CCCN(CCCO)C1=O. The highest BCUT2D eigenvalue weighted by Gasteiger charge is 2.27. The number of nitrogens with one attached hydrogen (secondary N) is 1. The third-order valence-electron chi connectivity index (χ3n) is 2.76. The van der Waals surface area contributed by atoms with Crippen molar-refractivity contribution >= 4 is 5.91 Å². The number of carbonyl (C=O) groups excluding carboxylic acids is 1. The Balaban J connectivity index is 2.36. The van der Waals surface area contributed by atoms with Gasteiger partial charge in [-0.3, -0.25) is 4.79 Å². The summed E-state index contributed by atoms with van der Waals surface area (Å²) in [7, 11) is 0. The molecular formula is C11H22N2O2. The molecule has 1 heterocycles. The number of nitrogens with zero attached hydrogens (tertiary/aromatic N) is 1. The molecule has 0 radical (unpaired) electrons. The number of likely N-dealkylation sites (tertiary alicyclic amines) is 1. The molecule has 1 fully saturated rings. The second-order valence-corrected chi connectivity index (χ2v) is 4.05. The van der Waals surface area contributed by atoms with Gasteiger partial charge in [0.15, 0.2) is 0 Å². The summed E-state index contributed by atoms with van der Waals surface area (Å²) in [6, 6.07) is 0.0115. The van der Waals surface area contributed by atoms with Crippen LogP contribution in [0.15, 0.2) is 0 Å². The largest absolute Gasteiger partial charge is 0.396 e. The van der Waals surface area contributed by atoms with Crippen molar-refractivity contribution in [3.05, 3.63) is 0 Å². The van der Waals surface area contributed by atoms with Gasteiger partial charge in [-0.2, -0.15) is 0 Å². The molecule has 4 nitrogen and oxygen atoms in total. The number of carbonyl (C=O) groups is 1. The summed E-state index contributed by atoms with van der Waals surface area (Å²) in [4.78, 5) is 13.8. The number of hydrogen-bond donors (Lipinski definition) is 2. The standard InChI is InChI=1S/C11H22N2O2/c1-2-6-12-10-5-3-7-13(11(10)15)8-4-9-14/h10,12,14H,2-9H2,1H3. The maximum absolute atomic E-state index is 11.9. The summed E-state index contributed by atoms with van der Waals surface area (Å²) >= 11 is 0. The first kappa shape index (κ1) is 12.5. The number of hydrogen-bond acceptors (Lipinski definition) is 3. The Bertz CT molecular complexity index is 179. The molecule has 1 aliphatic heterocycles. The second-order valence-electron chi connectivity index (χ2n) is 4.05. The van der Waals surface area contributed by atoms with Crippen LogP contribution in [0, 0.1) is 0 Å². The quantitative estimate of drug-likeness (QED) is 0.671. The first-order chi connectivity index (χ1) is 7.29. The molecule has 0 aromatic rings. The van der Waals surface area contributed by atoms with Crippen molar-refractivity contribution in [3.8, 4) is 0 Å². The van der Waals surface area contributed by atoms with Crippen LogP contribution in [-0.2, 0) is 4.79 Å². The van der Waals surface area contributed by atoms with E-state index in [9.17, 15) is 4.79 Å². The van der Waals surface area contributed by atoms with Gasteiger partial charge in [0, 0.05) is 19.7 Å². The Morgan fingerprint density at radius 3 is 3.07 bits per heavy atom. The fourth-order valence-electron chi connectivity index (χ4n) is 1.93. The second kappa shape index (κ2) is 6.80. The Labute approximate surface area is 91.6 Å². The Kier molecular flexibility index (Phi) is 5.65. The lowest BCUT2D eigenvalue weighted by Gasteiger charge is -2.32. The van der Waals surface area contributed by atoms with Crippen molar-refractivity contribution in [2.75, 3.05) is 26.2 Å². The minimum absolute atomic E-state index is 0.0115. The normalized spacial score (nSPS) is 22.1. The zero-order valence-corrected chi connectivity index (χ0v) is 9.54. The first-order valence-corrected chi connectivity index (χ1v) is 5.92. The van der Waals surface area contributed by atoms with E-state index in [-0.39, 0.29) is 18.6 Å². The summed E-state index contributed by atoms with van der Waals surface area (Å²) in [6.45, 7) is 4.72. The van der Waals surface area contributed by atoms with Gasteiger partial charge >= 0.3 is 0 Å². The van der Waals surface area contributed by atoms with Gasteiger partial charge in [0.2, 0.25) is 5.91 Å². The number of aliphatic hydroxyl groups is 1.